The molecule has 2 aliphatic heterocycles. The third kappa shape index (κ3) is 5.69. The highest BCUT2D eigenvalue weighted by Gasteiger charge is 2.44. The number of para-hydroxylation sites is 2. The number of hydrogen-bond acceptors (Lipinski definition) is 6. The fraction of sp³-hybridized carbons (Fsp3) is 0.576. The topological polar surface area (TPSA) is 108 Å². The van der Waals surface area contributed by atoms with Crippen LogP contribution >= 0.6 is 0 Å². The molecule has 6 rings (SSSR count). The molecule has 4 heterocycles. The van der Waals surface area contributed by atoms with Gasteiger partial charge >= 0.3 is 0 Å². The molecule has 41 heavy (non-hydrogen) atoms. The molecule has 4 atom stereocenters. The van der Waals surface area contributed by atoms with E-state index in [9.17, 15) is 14.4 Å². The third-order valence-corrected chi connectivity index (χ3v) is 9.95. The van der Waals surface area contributed by atoms with E-state index in [4.69, 9.17) is 10.1 Å². The number of aromatic amines is 1. The molecule has 8 heteroatoms. The molecule has 0 radical (unpaired) electrons. The van der Waals surface area contributed by atoms with Crippen molar-refractivity contribution in [2.24, 2.45) is 11.8 Å². The first-order valence-electron chi connectivity index (χ1n) is 15.4. The molecule has 0 spiro atoms. The summed E-state index contributed by atoms with van der Waals surface area (Å²) in [6, 6.07) is 11.1. The van der Waals surface area contributed by atoms with Crippen molar-refractivity contribution in [1.29, 1.82) is 0 Å². The number of hydrogen-bond donors (Lipinski definition) is 2. The molecule has 8 nitrogen and oxygen atoms in total. The lowest BCUT2D eigenvalue weighted by atomic mass is 9.72. The minimum atomic E-state index is -0.464. The highest BCUT2D eigenvalue weighted by Crippen LogP contribution is 2.45. The lowest BCUT2D eigenvalue weighted by Crippen LogP contribution is -2.58. The second kappa shape index (κ2) is 12.8. The summed E-state index contributed by atoms with van der Waals surface area (Å²) in [7, 11) is 1.00. The Morgan fingerprint density at radius 1 is 0.927 bits per heavy atom. The van der Waals surface area contributed by atoms with E-state index < -0.39 is 5.56 Å². The van der Waals surface area contributed by atoms with Crippen molar-refractivity contribution < 1.29 is 9.90 Å². The Balaban J connectivity index is 0.00000165. The normalized spacial score (nSPS) is 28.1. The van der Waals surface area contributed by atoms with E-state index in [1.54, 1.807) is 0 Å². The van der Waals surface area contributed by atoms with E-state index in [-0.39, 0.29) is 22.9 Å². The van der Waals surface area contributed by atoms with Crippen molar-refractivity contribution in [3.8, 4) is 11.3 Å². The van der Waals surface area contributed by atoms with Crippen molar-refractivity contribution in [2.45, 2.75) is 102 Å². The van der Waals surface area contributed by atoms with Crippen LogP contribution in [-0.4, -0.2) is 56.1 Å². The first-order valence-corrected chi connectivity index (χ1v) is 15.4. The zero-order valence-electron chi connectivity index (χ0n) is 24.6. The predicted octanol–water partition coefficient (Wildman–Crippen LogP) is 5.34. The molecule has 1 saturated carbocycles. The molecule has 2 aromatic heterocycles. The van der Waals surface area contributed by atoms with E-state index in [0.717, 1.165) is 42.8 Å². The highest BCUT2D eigenvalue weighted by atomic mass is 16.2. The lowest BCUT2D eigenvalue weighted by Gasteiger charge is -2.54. The number of rotatable bonds is 6. The van der Waals surface area contributed by atoms with Crippen LogP contribution < -0.4 is 11.1 Å². The number of H-pyrrole nitrogens is 1. The first kappa shape index (κ1) is 29.4. The molecule has 4 unspecified atom stereocenters. The van der Waals surface area contributed by atoms with Crippen LogP contribution in [0.1, 0.15) is 94.5 Å². The Morgan fingerprint density at radius 3 is 2.22 bits per heavy atom. The number of piperidine rings is 2. The average Bonchev–Trinajstić information content (AvgIpc) is 3.01. The molecule has 1 aromatic carbocycles. The summed E-state index contributed by atoms with van der Waals surface area (Å²) in [5.74, 6) is 1.66. The molecule has 3 aliphatic rings. The van der Waals surface area contributed by atoms with Crippen LogP contribution in [0.4, 0.5) is 0 Å². The number of nitrogens with one attached hydrogen (secondary N) is 1. The maximum atomic E-state index is 14.1. The summed E-state index contributed by atoms with van der Waals surface area (Å²) in [4.78, 5) is 47.8. The van der Waals surface area contributed by atoms with Gasteiger partial charge in [-0.15, -0.1) is 0 Å². The van der Waals surface area contributed by atoms with E-state index in [1.807, 2.05) is 28.8 Å². The number of aliphatic hydroxyl groups excluding tert-OH is 1. The molecular weight excluding hydrogens is 516 g/mol. The number of fused-ring (bicyclic) bond motifs is 3. The summed E-state index contributed by atoms with van der Waals surface area (Å²) in [5, 5.41) is 7.00. The number of carbonyl (C=O) groups is 1. The first-order chi connectivity index (χ1) is 20.0. The minimum absolute atomic E-state index is 0.000465. The van der Waals surface area contributed by atoms with Crippen LogP contribution in [0.15, 0.2) is 46.1 Å². The molecular formula is C33H44N4O4. The van der Waals surface area contributed by atoms with E-state index >= 15 is 0 Å². The maximum Gasteiger partial charge on any atom is 0.277 e. The van der Waals surface area contributed by atoms with Crippen molar-refractivity contribution >= 4 is 17.3 Å². The van der Waals surface area contributed by atoms with E-state index in [1.165, 1.54) is 63.6 Å². The highest BCUT2D eigenvalue weighted by molar-refractivity contribution is 5.80. The molecule has 2 bridgehead atoms. The van der Waals surface area contributed by atoms with Crippen molar-refractivity contribution in [2.75, 3.05) is 7.11 Å². The van der Waals surface area contributed by atoms with Gasteiger partial charge in [-0.1, -0.05) is 45.2 Å². The fourth-order valence-electron chi connectivity index (χ4n) is 8.07. The number of carbonyl (C=O) groups excluding carboxylic acids is 1. The summed E-state index contributed by atoms with van der Waals surface area (Å²) in [6.07, 6.45) is 14.2. The fourth-order valence-corrected chi connectivity index (χ4v) is 8.07. The smallest absolute Gasteiger partial charge is 0.277 e. The second-order valence-electron chi connectivity index (χ2n) is 12.1. The van der Waals surface area contributed by atoms with Crippen molar-refractivity contribution in [3.63, 3.8) is 0 Å². The van der Waals surface area contributed by atoms with Crippen molar-refractivity contribution in [3.05, 3.63) is 62.8 Å². The Kier molecular flexibility index (Phi) is 9.19. The minimum Gasteiger partial charge on any atom is -0.400 e. The SMILES string of the molecule is CCC1CC(CC)CC(N2C3CCCC2CC(n2c(=O)c(-c4c[nH]c(=O)c(C=O)c4)nc4ccccc42)C3)C1.CO. The van der Waals surface area contributed by atoms with Gasteiger partial charge in [-0.25, -0.2) is 4.98 Å². The molecule has 3 fully saturated rings. The van der Waals surface area contributed by atoms with Gasteiger partial charge in [0.25, 0.3) is 11.1 Å². The molecule has 0 amide bonds. The molecule has 220 valence electrons. The molecule has 2 N–H and O–H groups in total. The van der Waals surface area contributed by atoms with Crippen LogP contribution in [0, 0.1) is 11.8 Å². The quantitative estimate of drug-likeness (QED) is 0.394. The van der Waals surface area contributed by atoms with Gasteiger partial charge in [-0.2, -0.15) is 0 Å². The maximum absolute atomic E-state index is 14.1. The van der Waals surface area contributed by atoms with Gasteiger partial charge in [-0.3, -0.25) is 19.3 Å². The Morgan fingerprint density at radius 2 is 1.59 bits per heavy atom. The number of pyridine rings is 1. The Hall–Kier alpha value is -3.10. The van der Waals surface area contributed by atoms with Gasteiger partial charge in [0.1, 0.15) is 5.69 Å². The van der Waals surface area contributed by atoms with Crippen LogP contribution in [0.3, 0.4) is 0 Å². The zero-order chi connectivity index (χ0) is 29.1. The summed E-state index contributed by atoms with van der Waals surface area (Å²) in [6.45, 7) is 4.71. The van der Waals surface area contributed by atoms with Crippen LogP contribution in [0.2, 0.25) is 0 Å². The molecule has 3 aromatic rings. The Bertz CT molecular complexity index is 1450. The van der Waals surface area contributed by atoms with E-state index in [0.29, 0.717) is 30.0 Å². The van der Waals surface area contributed by atoms with Crippen LogP contribution in [-0.2, 0) is 0 Å². The molecule has 1 aliphatic carbocycles. The predicted molar refractivity (Wildman–Crippen MR) is 162 cm³/mol. The van der Waals surface area contributed by atoms with Gasteiger partial charge in [-0.05, 0) is 75.0 Å². The van der Waals surface area contributed by atoms with Gasteiger partial charge in [0, 0.05) is 43.0 Å². The van der Waals surface area contributed by atoms with Crippen LogP contribution in [0.25, 0.3) is 22.3 Å². The zero-order valence-corrected chi connectivity index (χ0v) is 24.6. The Labute approximate surface area is 241 Å². The standard InChI is InChI=1S/C32H40N4O3.CH4O/c1-3-20-12-21(4-2)14-26(13-20)35-24-8-7-9-25(35)17-27(16-24)36-29-11-6-5-10-28(29)34-30(32(36)39)22-15-23(19-37)31(38)33-18-22;1-2/h5-6,10-11,15,18-21,24-27H,3-4,7-9,12-14,16-17H2,1-2H3,(H,33,38);2H,1H3. The third-order valence-electron chi connectivity index (χ3n) is 9.95. The number of aromatic nitrogens is 3. The monoisotopic (exact) mass is 560 g/mol. The second-order valence-corrected chi connectivity index (χ2v) is 12.1. The number of aldehydes is 1. The van der Waals surface area contributed by atoms with Gasteiger partial charge in [0.2, 0.25) is 0 Å². The van der Waals surface area contributed by atoms with E-state index in [2.05, 4.69) is 23.7 Å². The summed E-state index contributed by atoms with van der Waals surface area (Å²) >= 11 is 0. The van der Waals surface area contributed by atoms with Gasteiger partial charge in [0.15, 0.2) is 6.29 Å². The number of aliphatic hydroxyl groups is 1. The van der Waals surface area contributed by atoms with Gasteiger partial charge < -0.3 is 14.7 Å². The average molecular weight is 561 g/mol. The van der Waals surface area contributed by atoms with Gasteiger partial charge in [0.05, 0.1) is 16.6 Å². The number of benzene rings is 1. The largest absolute Gasteiger partial charge is 0.400 e. The number of nitrogens with zero attached hydrogens (tertiary/aromatic N) is 3. The van der Waals surface area contributed by atoms with Crippen LogP contribution in [0.5, 0.6) is 0 Å². The summed E-state index contributed by atoms with van der Waals surface area (Å²) < 4.78 is 1.98. The van der Waals surface area contributed by atoms with Crippen molar-refractivity contribution in [1.82, 2.24) is 19.4 Å². The lowest BCUT2D eigenvalue weighted by molar-refractivity contribution is -0.0431. The molecule has 2 saturated heterocycles. The summed E-state index contributed by atoms with van der Waals surface area (Å²) in [5.41, 5.74) is 1.75.